The summed E-state index contributed by atoms with van der Waals surface area (Å²) in [6, 6.07) is 53.1. The molecule has 0 unspecified atom stereocenters. The molecule has 2 aliphatic heterocycles. The molecule has 0 saturated carbocycles. The van der Waals surface area contributed by atoms with Crippen LogP contribution in [0, 0.1) is 6.57 Å². The highest BCUT2D eigenvalue weighted by Crippen LogP contribution is 2.54. The van der Waals surface area contributed by atoms with Crippen LogP contribution >= 0.6 is 0 Å². The second-order valence-electron chi connectivity index (χ2n) is 13.0. The standard InChI is InChI=1S/C47H25NO2/c1-48-27-20-21-38-39(26-27)45(37-23-25-43-47-31(15-9-17-35(37)47)29-11-5-7-19-41(29)50-43)33-13-3-2-12-32(33)44(38)36-22-24-42-46-30(14-8-16-34(36)46)28-10-4-6-18-40(28)49-42/h2-26H. The van der Waals surface area contributed by atoms with Gasteiger partial charge in [-0.3, -0.25) is 0 Å². The van der Waals surface area contributed by atoms with Crippen molar-refractivity contribution in [1.82, 2.24) is 0 Å². The van der Waals surface area contributed by atoms with Crippen LogP contribution in [0.3, 0.4) is 0 Å². The summed E-state index contributed by atoms with van der Waals surface area (Å²) in [7, 11) is 0. The number of hydrogen-bond acceptors (Lipinski definition) is 2. The minimum atomic E-state index is 0.613. The number of hydrogen-bond donors (Lipinski definition) is 0. The van der Waals surface area contributed by atoms with E-state index in [9.17, 15) is 0 Å². The summed E-state index contributed by atoms with van der Waals surface area (Å²) < 4.78 is 13.0. The van der Waals surface area contributed by atoms with Gasteiger partial charge in [0.1, 0.15) is 23.0 Å². The molecule has 0 spiro atoms. The van der Waals surface area contributed by atoms with Gasteiger partial charge in [0.25, 0.3) is 0 Å². The summed E-state index contributed by atoms with van der Waals surface area (Å²) in [5.74, 6) is 3.48. The van der Waals surface area contributed by atoms with Gasteiger partial charge in [-0.15, -0.1) is 0 Å². The number of benzene rings is 9. The highest BCUT2D eigenvalue weighted by atomic mass is 16.5. The van der Waals surface area contributed by atoms with Crippen molar-refractivity contribution < 1.29 is 9.47 Å². The van der Waals surface area contributed by atoms with Crippen LogP contribution in [0.2, 0.25) is 0 Å². The molecule has 0 radical (unpaired) electrons. The molecule has 0 N–H and O–H groups in total. The van der Waals surface area contributed by atoms with E-state index in [1.807, 2.05) is 30.3 Å². The maximum atomic E-state index is 8.00. The van der Waals surface area contributed by atoms with E-state index in [0.29, 0.717) is 5.69 Å². The summed E-state index contributed by atoms with van der Waals surface area (Å²) in [6.45, 7) is 8.00. The Kier molecular flexibility index (Phi) is 5.45. The van der Waals surface area contributed by atoms with Crippen LogP contribution in [-0.2, 0) is 0 Å². The summed E-state index contributed by atoms with van der Waals surface area (Å²) in [5.41, 5.74) is 9.67. The molecular weight excluding hydrogens is 611 g/mol. The molecule has 0 aromatic heterocycles. The third-order valence-corrected chi connectivity index (χ3v) is 10.5. The molecule has 0 aliphatic carbocycles. The molecule has 50 heavy (non-hydrogen) atoms. The first-order chi connectivity index (χ1) is 24.8. The normalized spacial score (nSPS) is 12.3. The Balaban J connectivity index is 1.26. The second kappa shape index (κ2) is 10.1. The summed E-state index contributed by atoms with van der Waals surface area (Å²) in [4.78, 5) is 3.90. The lowest BCUT2D eigenvalue weighted by Crippen LogP contribution is -1.99. The van der Waals surface area contributed by atoms with Gasteiger partial charge < -0.3 is 9.47 Å². The molecule has 0 atom stereocenters. The lowest BCUT2D eigenvalue weighted by atomic mass is 9.82. The van der Waals surface area contributed by atoms with Gasteiger partial charge in [-0.05, 0) is 108 Å². The SMILES string of the molecule is [C-]#[N+]c1ccc2c(-c3ccc4c5c(cccc35)-c3ccccc3O4)c3ccccc3c(-c3ccc4c5c(cccc35)-c3ccccc3O4)c2c1. The second-order valence-corrected chi connectivity index (χ2v) is 13.0. The van der Waals surface area contributed by atoms with Crippen LogP contribution in [0.5, 0.6) is 23.0 Å². The first kappa shape index (κ1) is 27.1. The van der Waals surface area contributed by atoms with Crippen LogP contribution in [0.4, 0.5) is 5.69 Å². The van der Waals surface area contributed by atoms with Gasteiger partial charge in [0.15, 0.2) is 5.69 Å². The van der Waals surface area contributed by atoms with Gasteiger partial charge >= 0.3 is 0 Å². The topological polar surface area (TPSA) is 22.8 Å². The Bertz CT molecular complexity index is 3000. The van der Waals surface area contributed by atoms with E-state index in [2.05, 4.69) is 126 Å². The minimum Gasteiger partial charge on any atom is -0.456 e. The van der Waals surface area contributed by atoms with Crippen LogP contribution in [-0.4, -0.2) is 0 Å². The number of fused-ring (bicyclic) bond motifs is 6. The maximum absolute atomic E-state index is 8.00. The van der Waals surface area contributed by atoms with E-state index in [4.69, 9.17) is 16.0 Å². The van der Waals surface area contributed by atoms with E-state index in [1.165, 1.54) is 11.1 Å². The molecule has 11 rings (SSSR count). The molecule has 3 nitrogen and oxygen atoms in total. The highest BCUT2D eigenvalue weighted by Gasteiger charge is 2.26. The van der Waals surface area contributed by atoms with Crippen molar-refractivity contribution in [2.75, 3.05) is 0 Å². The number of para-hydroxylation sites is 2. The van der Waals surface area contributed by atoms with E-state index in [0.717, 1.165) is 99.5 Å². The Morgan fingerprint density at radius 2 is 0.800 bits per heavy atom. The van der Waals surface area contributed by atoms with Gasteiger partial charge in [-0.2, -0.15) is 0 Å². The average Bonchev–Trinajstić information content (AvgIpc) is 3.18. The third-order valence-electron chi connectivity index (χ3n) is 10.5. The van der Waals surface area contributed by atoms with Gasteiger partial charge in [-0.25, -0.2) is 4.85 Å². The van der Waals surface area contributed by atoms with E-state index in [-0.39, 0.29) is 0 Å². The number of nitrogens with zero attached hydrogens (tertiary/aromatic N) is 1. The molecule has 3 heteroatoms. The summed E-state index contributed by atoms with van der Waals surface area (Å²) in [5, 5.41) is 8.93. The van der Waals surface area contributed by atoms with Gasteiger partial charge in [-0.1, -0.05) is 109 Å². The van der Waals surface area contributed by atoms with Crippen molar-refractivity contribution in [2.45, 2.75) is 0 Å². The Labute approximate surface area is 288 Å². The van der Waals surface area contributed by atoms with E-state index < -0.39 is 0 Å². The quantitative estimate of drug-likeness (QED) is 0.139. The van der Waals surface area contributed by atoms with Gasteiger partial charge in [0, 0.05) is 21.9 Å². The Hall–Kier alpha value is -6.89. The van der Waals surface area contributed by atoms with Gasteiger partial charge in [0.2, 0.25) is 0 Å². The van der Waals surface area contributed by atoms with Crippen molar-refractivity contribution >= 4 is 48.8 Å². The first-order valence-corrected chi connectivity index (χ1v) is 16.8. The maximum Gasteiger partial charge on any atom is 0.187 e. The predicted octanol–water partition coefficient (Wildman–Crippen LogP) is 13.7. The minimum absolute atomic E-state index is 0.613. The fourth-order valence-electron chi connectivity index (χ4n) is 8.41. The Morgan fingerprint density at radius 3 is 1.36 bits per heavy atom. The fraction of sp³-hybridized carbons (Fsp3) is 0. The van der Waals surface area contributed by atoms with Crippen molar-refractivity contribution in [3.63, 3.8) is 0 Å². The zero-order valence-electron chi connectivity index (χ0n) is 26.7. The predicted molar refractivity (Wildman–Crippen MR) is 205 cm³/mol. The molecule has 0 saturated heterocycles. The Morgan fingerprint density at radius 1 is 0.340 bits per heavy atom. The molecule has 9 aromatic rings. The molecule has 0 amide bonds. The molecule has 230 valence electrons. The first-order valence-electron chi connectivity index (χ1n) is 16.8. The van der Waals surface area contributed by atoms with Crippen molar-refractivity contribution in [1.29, 1.82) is 0 Å². The number of rotatable bonds is 2. The van der Waals surface area contributed by atoms with Gasteiger partial charge in [0.05, 0.1) is 6.57 Å². The molecule has 0 bridgehead atoms. The molecular formula is C47H25NO2. The van der Waals surface area contributed by atoms with Crippen LogP contribution in [0.15, 0.2) is 152 Å². The van der Waals surface area contributed by atoms with Crippen LogP contribution in [0.1, 0.15) is 0 Å². The van der Waals surface area contributed by atoms with Crippen molar-refractivity contribution in [3.8, 4) is 67.5 Å². The van der Waals surface area contributed by atoms with Crippen LogP contribution < -0.4 is 9.47 Å². The lowest BCUT2D eigenvalue weighted by Gasteiger charge is -2.25. The lowest BCUT2D eigenvalue weighted by molar-refractivity contribution is 0.487. The van der Waals surface area contributed by atoms with Crippen LogP contribution in [0.25, 0.3) is 92.4 Å². The summed E-state index contributed by atoms with van der Waals surface area (Å²) in [6.07, 6.45) is 0. The molecule has 0 fully saturated rings. The molecule has 2 aliphatic rings. The van der Waals surface area contributed by atoms with Crippen molar-refractivity contribution in [3.05, 3.63) is 163 Å². The van der Waals surface area contributed by atoms with E-state index >= 15 is 0 Å². The fourth-order valence-corrected chi connectivity index (χ4v) is 8.41. The monoisotopic (exact) mass is 635 g/mol. The largest absolute Gasteiger partial charge is 0.456 e. The zero-order valence-corrected chi connectivity index (χ0v) is 26.7. The van der Waals surface area contributed by atoms with E-state index in [1.54, 1.807) is 0 Å². The average molecular weight is 636 g/mol. The molecule has 9 aromatic carbocycles. The highest BCUT2D eigenvalue weighted by molar-refractivity contribution is 6.27. The third kappa shape index (κ3) is 3.62. The number of ether oxygens (including phenoxy) is 2. The summed E-state index contributed by atoms with van der Waals surface area (Å²) >= 11 is 0. The zero-order chi connectivity index (χ0) is 32.9. The smallest absolute Gasteiger partial charge is 0.187 e. The van der Waals surface area contributed by atoms with Crippen molar-refractivity contribution in [2.24, 2.45) is 0 Å². The molecule has 2 heterocycles.